The summed E-state index contributed by atoms with van der Waals surface area (Å²) in [6.07, 6.45) is 1.44. The van der Waals surface area contributed by atoms with Gasteiger partial charge in [0.1, 0.15) is 5.82 Å². The van der Waals surface area contributed by atoms with Crippen LogP contribution < -0.4 is 0 Å². The van der Waals surface area contributed by atoms with Crippen LogP contribution in [0.5, 0.6) is 0 Å². The maximum atomic E-state index is 14.4. The van der Waals surface area contributed by atoms with Gasteiger partial charge >= 0.3 is 0 Å². The van der Waals surface area contributed by atoms with E-state index in [-0.39, 0.29) is 17.8 Å². The lowest BCUT2D eigenvalue weighted by molar-refractivity contribution is -0.134. The highest BCUT2D eigenvalue weighted by atomic mass is 19.1. The largest absolute Gasteiger partial charge is 0.290 e. The van der Waals surface area contributed by atoms with Crippen LogP contribution in [0, 0.1) is 5.82 Å². The van der Waals surface area contributed by atoms with E-state index in [0.29, 0.717) is 24.2 Å². The summed E-state index contributed by atoms with van der Waals surface area (Å²) in [5.41, 5.74) is 4.72. The number of halogens is 1. The van der Waals surface area contributed by atoms with E-state index in [1.165, 1.54) is 17.2 Å². The molecule has 0 radical (unpaired) electrons. The van der Waals surface area contributed by atoms with Crippen molar-refractivity contribution in [2.75, 3.05) is 13.1 Å². The first-order valence-corrected chi connectivity index (χ1v) is 10.7. The summed E-state index contributed by atoms with van der Waals surface area (Å²) in [4.78, 5) is 15.5. The van der Waals surface area contributed by atoms with Crippen molar-refractivity contribution in [3.8, 4) is 0 Å². The van der Waals surface area contributed by atoms with Crippen molar-refractivity contribution in [1.82, 2.24) is 9.91 Å². The minimum absolute atomic E-state index is 0.0560. The molecule has 0 N–H and O–H groups in total. The van der Waals surface area contributed by atoms with Crippen LogP contribution in [0.1, 0.15) is 34.7 Å². The first kappa shape index (κ1) is 19.6. The van der Waals surface area contributed by atoms with E-state index in [4.69, 9.17) is 0 Å². The van der Waals surface area contributed by atoms with E-state index in [1.807, 2.05) is 36.4 Å². The Morgan fingerprint density at radius 3 is 2.45 bits per heavy atom. The average molecular weight is 413 g/mol. The molecule has 2 aliphatic heterocycles. The van der Waals surface area contributed by atoms with Crippen LogP contribution in [0.2, 0.25) is 0 Å². The van der Waals surface area contributed by atoms with Gasteiger partial charge in [0.25, 0.3) is 5.91 Å². The van der Waals surface area contributed by atoms with Gasteiger partial charge in [-0.2, -0.15) is 5.10 Å². The Morgan fingerprint density at radius 1 is 0.935 bits per heavy atom. The third-order valence-corrected chi connectivity index (χ3v) is 6.10. The molecule has 31 heavy (non-hydrogen) atoms. The van der Waals surface area contributed by atoms with Crippen molar-refractivity contribution in [3.05, 3.63) is 107 Å². The van der Waals surface area contributed by atoms with Crippen molar-refractivity contribution >= 4 is 11.6 Å². The predicted octanol–water partition coefficient (Wildman–Crippen LogP) is 4.56. The van der Waals surface area contributed by atoms with Gasteiger partial charge in [-0.1, -0.05) is 72.8 Å². The SMILES string of the molecule is O=C(CN1CCc2ccccc2C1)N1N=C(c2ccccc2F)CC1c1ccccc1. The van der Waals surface area contributed by atoms with Gasteiger partial charge in [0.2, 0.25) is 0 Å². The van der Waals surface area contributed by atoms with E-state index in [0.717, 1.165) is 25.1 Å². The van der Waals surface area contributed by atoms with E-state index in [9.17, 15) is 9.18 Å². The Balaban J connectivity index is 1.40. The molecule has 2 heterocycles. The Labute approximate surface area is 181 Å². The van der Waals surface area contributed by atoms with Crippen molar-refractivity contribution < 1.29 is 9.18 Å². The van der Waals surface area contributed by atoms with Crippen LogP contribution in [0.15, 0.2) is 84.0 Å². The molecule has 5 heteroatoms. The number of hydrazone groups is 1. The number of hydrogen-bond donors (Lipinski definition) is 0. The Hall–Kier alpha value is -3.31. The number of fused-ring (bicyclic) bond motifs is 1. The number of carbonyl (C=O) groups is 1. The number of carbonyl (C=O) groups excluding carboxylic acids is 1. The summed E-state index contributed by atoms with van der Waals surface area (Å²) in [6.45, 7) is 1.90. The molecule has 1 unspecified atom stereocenters. The van der Waals surface area contributed by atoms with Gasteiger partial charge in [0.05, 0.1) is 18.3 Å². The smallest absolute Gasteiger partial charge is 0.257 e. The maximum absolute atomic E-state index is 14.4. The zero-order valence-electron chi connectivity index (χ0n) is 17.2. The van der Waals surface area contributed by atoms with E-state index < -0.39 is 0 Å². The van der Waals surface area contributed by atoms with Crippen LogP contribution >= 0.6 is 0 Å². The molecule has 0 saturated carbocycles. The van der Waals surface area contributed by atoms with Gasteiger partial charge in [-0.3, -0.25) is 9.69 Å². The standard InChI is InChI=1S/C26H24FN3O/c27-23-13-7-6-12-22(23)24-16-25(20-9-2-1-3-10-20)30(28-24)26(31)18-29-15-14-19-8-4-5-11-21(19)17-29/h1-13,25H,14-18H2. The zero-order valence-corrected chi connectivity index (χ0v) is 17.2. The van der Waals surface area contributed by atoms with Crippen molar-refractivity contribution in [3.63, 3.8) is 0 Å². The summed E-state index contributed by atoms with van der Waals surface area (Å²) in [7, 11) is 0. The maximum Gasteiger partial charge on any atom is 0.257 e. The molecule has 1 atom stereocenters. The lowest BCUT2D eigenvalue weighted by Crippen LogP contribution is -2.40. The van der Waals surface area contributed by atoms with Crippen molar-refractivity contribution in [2.45, 2.75) is 25.4 Å². The number of hydrogen-bond acceptors (Lipinski definition) is 3. The second kappa shape index (κ2) is 8.44. The second-order valence-electron chi connectivity index (χ2n) is 8.12. The molecular weight excluding hydrogens is 389 g/mol. The van der Waals surface area contributed by atoms with Crippen LogP contribution in [-0.2, 0) is 17.8 Å². The molecule has 5 rings (SSSR count). The highest BCUT2D eigenvalue weighted by Crippen LogP contribution is 2.33. The summed E-state index contributed by atoms with van der Waals surface area (Å²) in [6, 6.07) is 24.7. The molecule has 0 aliphatic carbocycles. The first-order valence-electron chi connectivity index (χ1n) is 10.7. The number of nitrogens with zero attached hydrogens (tertiary/aromatic N) is 3. The second-order valence-corrected chi connectivity index (χ2v) is 8.12. The summed E-state index contributed by atoms with van der Waals surface area (Å²) in [5.74, 6) is -0.366. The average Bonchev–Trinajstić information content (AvgIpc) is 3.25. The van der Waals surface area contributed by atoms with Crippen LogP contribution in [0.25, 0.3) is 0 Å². The third-order valence-electron chi connectivity index (χ3n) is 6.10. The van der Waals surface area contributed by atoms with Gasteiger partial charge in [0, 0.05) is 25.1 Å². The number of amides is 1. The minimum atomic E-state index is -0.310. The third kappa shape index (κ3) is 4.01. The molecule has 2 aliphatic rings. The fourth-order valence-corrected chi connectivity index (χ4v) is 4.49. The summed E-state index contributed by atoms with van der Waals surface area (Å²) in [5, 5.41) is 6.19. The van der Waals surface area contributed by atoms with Crippen molar-refractivity contribution in [2.24, 2.45) is 5.10 Å². The number of rotatable bonds is 4. The fraction of sp³-hybridized carbons (Fsp3) is 0.231. The molecule has 3 aromatic carbocycles. The van der Waals surface area contributed by atoms with E-state index >= 15 is 0 Å². The highest BCUT2D eigenvalue weighted by molar-refractivity contribution is 6.03. The van der Waals surface area contributed by atoms with Crippen LogP contribution in [-0.4, -0.2) is 34.6 Å². The Bertz CT molecular complexity index is 1130. The Kier molecular flexibility index (Phi) is 5.35. The van der Waals surface area contributed by atoms with Gasteiger partial charge < -0.3 is 0 Å². The fourth-order valence-electron chi connectivity index (χ4n) is 4.49. The molecule has 156 valence electrons. The molecule has 0 fully saturated rings. The van der Waals surface area contributed by atoms with E-state index in [2.05, 4.69) is 28.2 Å². The minimum Gasteiger partial charge on any atom is -0.290 e. The lowest BCUT2D eigenvalue weighted by Gasteiger charge is -2.30. The lowest BCUT2D eigenvalue weighted by atomic mass is 9.98. The normalized spacial score (nSPS) is 18.5. The molecule has 1 amide bonds. The van der Waals surface area contributed by atoms with Gasteiger partial charge in [-0.15, -0.1) is 0 Å². The van der Waals surface area contributed by atoms with Crippen LogP contribution in [0.3, 0.4) is 0 Å². The van der Waals surface area contributed by atoms with Gasteiger partial charge in [-0.25, -0.2) is 9.40 Å². The molecular formula is C26H24FN3O. The first-order chi connectivity index (χ1) is 15.2. The molecule has 4 nitrogen and oxygen atoms in total. The predicted molar refractivity (Wildman–Crippen MR) is 119 cm³/mol. The molecule has 3 aromatic rings. The topological polar surface area (TPSA) is 35.9 Å². The molecule has 0 saturated heterocycles. The monoisotopic (exact) mass is 413 g/mol. The molecule has 0 bridgehead atoms. The summed E-state index contributed by atoms with van der Waals surface area (Å²) >= 11 is 0. The number of benzene rings is 3. The summed E-state index contributed by atoms with van der Waals surface area (Å²) < 4.78 is 14.4. The Morgan fingerprint density at radius 2 is 1.65 bits per heavy atom. The highest BCUT2D eigenvalue weighted by Gasteiger charge is 2.34. The zero-order chi connectivity index (χ0) is 21.2. The quantitative estimate of drug-likeness (QED) is 0.629. The van der Waals surface area contributed by atoms with Crippen molar-refractivity contribution in [1.29, 1.82) is 0 Å². The van der Waals surface area contributed by atoms with Crippen LogP contribution in [0.4, 0.5) is 4.39 Å². The molecule has 0 spiro atoms. The van der Waals surface area contributed by atoms with Gasteiger partial charge in [-0.05, 0) is 29.2 Å². The van der Waals surface area contributed by atoms with Gasteiger partial charge in [0.15, 0.2) is 0 Å². The van der Waals surface area contributed by atoms with E-state index in [1.54, 1.807) is 23.2 Å². The molecule has 0 aromatic heterocycles.